The number of allylic oxidation sites excluding steroid dienone is 3. The monoisotopic (exact) mass is 532 g/mol. The number of hydrogen-bond acceptors (Lipinski definition) is 3. The van der Waals surface area contributed by atoms with Gasteiger partial charge in [0.1, 0.15) is 0 Å². The Kier molecular flexibility index (Phi) is 6.50. The molecule has 41 heavy (non-hydrogen) atoms. The van der Waals surface area contributed by atoms with Crippen LogP contribution in [0.5, 0.6) is 0 Å². The highest BCUT2D eigenvalue weighted by Gasteiger charge is 2.22. The highest BCUT2D eigenvalue weighted by molar-refractivity contribution is 6.17. The van der Waals surface area contributed by atoms with E-state index in [1.807, 2.05) is 12.2 Å². The first kappa shape index (κ1) is 24.8. The summed E-state index contributed by atoms with van der Waals surface area (Å²) in [6.07, 6.45) is 6.01. The molecule has 0 amide bonds. The van der Waals surface area contributed by atoms with E-state index in [9.17, 15) is 0 Å². The summed E-state index contributed by atoms with van der Waals surface area (Å²) in [4.78, 5) is 0. The molecule has 4 nitrogen and oxygen atoms in total. The maximum atomic E-state index is 3.96. The third kappa shape index (κ3) is 4.53. The largest absolute Gasteiger partial charge is 0.382 e. The van der Waals surface area contributed by atoms with Crippen molar-refractivity contribution in [1.29, 1.82) is 0 Å². The Morgan fingerprint density at radius 2 is 1.44 bits per heavy atom. The van der Waals surface area contributed by atoms with Gasteiger partial charge in [0.2, 0.25) is 0 Å². The van der Waals surface area contributed by atoms with Crippen LogP contribution in [-0.2, 0) is 6.54 Å². The number of anilines is 4. The molecule has 6 aromatic rings. The molecular weight excluding hydrogens is 500 g/mol. The zero-order valence-electron chi connectivity index (χ0n) is 22.8. The molecule has 0 saturated heterocycles. The predicted molar refractivity (Wildman–Crippen MR) is 175 cm³/mol. The third-order valence-electron chi connectivity index (χ3n) is 7.93. The van der Waals surface area contributed by atoms with Crippen LogP contribution in [0.4, 0.5) is 22.7 Å². The second-order valence-electron chi connectivity index (χ2n) is 10.4. The Morgan fingerprint density at radius 1 is 0.707 bits per heavy atom. The second kappa shape index (κ2) is 10.7. The summed E-state index contributed by atoms with van der Waals surface area (Å²) in [6, 6.07) is 41.0. The Hall–Kier alpha value is -5.22. The quantitative estimate of drug-likeness (QED) is 0.198. The Labute approximate surface area is 240 Å². The number of fused-ring (bicyclic) bond motifs is 8. The highest BCUT2D eigenvalue weighted by atomic mass is 15.0. The minimum atomic E-state index is 0.0485. The van der Waals surface area contributed by atoms with Crippen LogP contribution in [0.2, 0.25) is 0 Å². The number of rotatable bonds is 4. The molecule has 0 bridgehead atoms. The molecule has 2 heterocycles. The molecule has 1 unspecified atom stereocenters. The van der Waals surface area contributed by atoms with Crippen LogP contribution in [0.15, 0.2) is 140 Å². The molecule has 0 radical (unpaired) electrons. The van der Waals surface area contributed by atoms with Crippen molar-refractivity contribution in [1.82, 2.24) is 4.57 Å². The van der Waals surface area contributed by atoms with Crippen LogP contribution in [-0.4, -0.2) is 11.1 Å². The first-order chi connectivity index (χ1) is 20.3. The van der Waals surface area contributed by atoms with E-state index in [-0.39, 0.29) is 6.04 Å². The molecular formula is C37H32N4. The molecule has 1 atom stereocenters. The van der Waals surface area contributed by atoms with E-state index in [4.69, 9.17) is 0 Å². The maximum absolute atomic E-state index is 3.96. The van der Waals surface area contributed by atoms with Gasteiger partial charge in [-0.1, -0.05) is 110 Å². The summed E-state index contributed by atoms with van der Waals surface area (Å²) < 4.78 is 2.39. The van der Waals surface area contributed by atoms with Crippen LogP contribution in [0.3, 0.4) is 0 Å². The van der Waals surface area contributed by atoms with Crippen LogP contribution < -0.4 is 16.0 Å². The first-order valence-corrected chi connectivity index (χ1v) is 14.1. The van der Waals surface area contributed by atoms with Crippen LogP contribution in [0.1, 0.15) is 11.6 Å². The number of nitrogens with zero attached hydrogens (tertiary/aromatic N) is 1. The van der Waals surface area contributed by atoms with E-state index in [1.54, 1.807) is 0 Å². The van der Waals surface area contributed by atoms with Gasteiger partial charge >= 0.3 is 0 Å². The van der Waals surface area contributed by atoms with E-state index < -0.39 is 0 Å². The molecule has 5 aromatic carbocycles. The minimum absolute atomic E-state index is 0.0485. The molecule has 3 N–H and O–H groups in total. The van der Waals surface area contributed by atoms with Crippen molar-refractivity contribution < 1.29 is 0 Å². The number of para-hydroxylation sites is 4. The molecule has 200 valence electrons. The molecule has 0 fully saturated rings. The van der Waals surface area contributed by atoms with Crippen molar-refractivity contribution in [2.75, 3.05) is 22.5 Å². The summed E-state index contributed by atoms with van der Waals surface area (Å²) in [5, 5.41) is 14.1. The van der Waals surface area contributed by atoms with E-state index in [2.05, 4.69) is 148 Å². The van der Waals surface area contributed by atoms with Gasteiger partial charge < -0.3 is 20.5 Å². The van der Waals surface area contributed by atoms with Crippen LogP contribution in [0.25, 0.3) is 32.9 Å². The number of aromatic nitrogens is 1. The summed E-state index contributed by atoms with van der Waals surface area (Å²) in [5.41, 5.74) is 10.3. The zero-order chi connectivity index (χ0) is 27.6. The Bertz CT molecular complexity index is 1900. The van der Waals surface area contributed by atoms with Gasteiger partial charge in [-0.25, -0.2) is 0 Å². The Morgan fingerprint density at radius 3 is 2.29 bits per heavy atom. The molecule has 0 spiro atoms. The fourth-order valence-corrected chi connectivity index (χ4v) is 6.03. The highest BCUT2D eigenvalue weighted by Crippen LogP contribution is 2.44. The van der Waals surface area contributed by atoms with E-state index in [1.165, 1.54) is 32.9 Å². The van der Waals surface area contributed by atoms with E-state index >= 15 is 0 Å². The van der Waals surface area contributed by atoms with Crippen molar-refractivity contribution >= 4 is 44.6 Å². The second-order valence-corrected chi connectivity index (χ2v) is 10.4. The fraction of sp³-hybridized carbons (Fsp3) is 0.0811. The molecule has 0 aliphatic carbocycles. The van der Waals surface area contributed by atoms with Crippen molar-refractivity contribution in [3.63, 3.8) is 0 Å². The number of benzene rings is 5. The van der Waals surface area contributed by atoms with Crippen LogP contribution in [0, 0.1) is 0 Å². The van der Waals surface area contributed by atoms with Gasteiger partial charge in [0, 0.05) is 46.2 Å². The molecule has 4 heteroatoms. The normalized spacial score (nSPS) is 14.7. The lowest BCUT2D eigenvalue weighted by Gasteiger charge is -2.23. The maximum Gasteiger partial charge on any atom is 0.0687 e. The van der Waals surface area contributed by atoms with Gasteiger partial charge in [0.05, 0.1) is 28.6 Å². The molecule has 1 aliphatic rings. The van der Waals surface area contributed by atoms with Crippen molar-refractivity contribution in [2.24, 2.45) is 0 Å². The third-order valence-corrected chi connectivity index (χ3v) is 7.93. The van der Waals surface area contributed by atoms with E-state index in [0.29, 0.717) is 6.54 Å². The summed E-state index contributed by atoms with van der Waals surface area (Å²) in [7, 11) is 0. The minimum Gasteiger partial charge on any atom is -0.382 e. The average molecular weight is 533 g/mol. The van der Waals surface area contributed by atoms with Crippen LogP contribution >= 0.6 is 0 Å². The van der Waals surface area contributed by atoms with E-state index in [0.717, 1.165) is 34.9 Å². The topological polar surface area (TPSA) is 41.0 Å². The number of hydrogen-bond donors (Lipinski definition) is 3. The fourth-order valence-electron chi connectivity index (χ4n) is 6.03. The summed E-state index contributed by atoms with van der Waals surface area (Å²) in [6.45, 7) is 5.34. The van der Waals surface area contributed by atoms with Crippen molar-refractivity contribution in [3.05, 3.63) is 146 Å². The van der Waals surface area contributed by atoms with Gasteiger partial charge in [-0.15, -0.1) is 0 Å². The predicted octanol–water partition coefficient (Wildman–Crippen LogP) is 9.53. The van der Waals surface area contributed by atoms with Crippen molar-refractivity contribution in [3.8, 4) is 11.1 Å². The standard InChI is InChI=1S/C37H32N4/c1-2-3-13-24-41-34-21-12-8-17-29(34)36-35(41)23-22-28-27-16-7-9-18-30(27)39-31-19-10-11-20-32(31)40-33(25-38-37(28)36)26-14-5-4-6-15-26/h2-23,33,38-40H,1,24-25H2/b13-3-. The van der Waals surface area contributed by atoms with Gasteiger partial charge in [-0.05, 0) is 35.9 Å². The smallest absolute Gasteiger partial charge is 0.0687 e. The van der Waals surface area contributed by atoms with Crippen molar-refractivity contribution in [2.45, 2.75) is 12.6 Å². The van der Waals surface area contributed by atoms with Gasteiger partial charge in [-0.2, -0.15) is 0 Å². The number of nitrogens with one attached hydrogen (secondary N) is 3. The van der Waals surface area contributed by atoms with Gasteiger partial charge in [-0.3, -0.25) is 0 Å². The lowest BCUT2D eigenvalue weighted by molar-refractivity contribution is 0.823. The van der Waals surface area contributed by atoms with Gasteiger partial charge in [0.15, 0.2) is 0 Å². The summed E-state index contributed by atoms with van der Waals surface area (Å²) in [5.74, 6) is 0. The molecule has 1 aliphatic heterocycles. The average Bonchev–Trinajstić information content (AvgIpc) is 3.33. The Balaban J connectivity index is 1.49. The first-order valence-electron chi connectivity index (χ1n) is 14.1. The summed E-state index contributed by atoms with van der Waals surface area (Å²) >= 11 is 0. The lowest BCUT2D eigenvalue weighted by atomic mass is 9.97. The molecule has 0 saturated carbocycles. The molecule has 7 rings (SSSR count). The van der Waals surface area contributed by atoms with Gasteiger partial charge in [0.25, 0.3) is 0 Å². The molecule has 1 aromatic heterocycles. The SMILES string of the molecule is C=C/C=C\Cn1c2ccccc2c2c3c(ccc21)-c1ccccc1Nc1ccccc1NC(c1ccccc1)CN3. The lowest BCUT2D eigenvalue weighted by Crippen LogP contribution is -2.21. The zero-order valence-corrected chi connectivity index (χ0v) is 22.8.